The van der Waals surface area contributed by atoms with E-state index in [1.165, 1.54) is 0 Å². The van der Waals surface area contributed by atoms with Gasteiger partial charge in [0.1, 0.15) is 6.42 Å². The molecule has 0 saturated carbocycles. The van der Waals surface area contributed by atoms with Gasteiger partial charge in [-0.3, -0.25) is 9.59 Å². The first-order chi connectivity index (χ1) is 11.5. The summed E-state index contributed by atoms with van der Waals surface area (Å²) in [5.41, 5.74) is 2.13. The van der Waals surface area contributed by atoms with E-state index in [-0.39, 0.29) is 18.2 Å². The second-order valence-electron chi connectivity index (χ2n) is 5.64. The molecule has 0 aliphatic rings. The lowest BCUT2D eigenvalue weighted by molar-refractivity contribution is -0.135. The number of carbonyl (C=O) groups excluding carboxylic acids is 2. The molecule has 0 bridgehead atoms. The number of halogens is 1. The quantitative estimate of drug-likeness (QED) is 0.785. The van der Waals surface area contributed by atoms with Crippen LogP contribution in [-0.4, -0.2) is 30.3 Å². The minimum absolute atomic E-state index is 0.135. The van der Waals surface area contributed by atoms with Crippen LogP contribution in [0.1, 0.15) is 17.5 Å². The van der Waals surface area contributed by atoms with Gasteiger partial charge in [0, 0.05) is 25.2 Å². The van der Waals surface area contributed by atoms with Gasteiger partial charge in [-0.2, -0.15) is 0 Å². The van der Waals surface area contributed by atoms with Gasteiger partial charge in [-0.05, 0) is 29.7 Å². The molecule has 5 heteroatoms. The summed E-state index contributed by atoms with van der Waals surface area (Å²) in [7, 11) is 1.70. The van der Waals surface area contributed by atoms with Crippen LogP contribution in [0.15, 0.2) is 54.6 Å². The molecule has 0 aliphatic heterocycles. The highest BCUT2D eigenvalue weighted by Crippen LogP contribution is 2.09. The number of hydrogen-bond donors (Lipinski definition) is 1. The van der Waals surface area contributed by atoms with E-state index in [2.05, 4.69) is 5.32 Å². The van der Waals surface area contributed by atoms with Crippen molar-refractivity contribution in [1.29, 1.82) is 0 Å². The molecule has 2 aromatic rings. The summed E-state index contributed by atoms with van der Waals surface area (Å²) in [4.78, 5) is 25.5. The Morgan fingerprint density at radius 3 is 2.33 bits per heavy atom. The number of amides is 2. The van der Waals surface area contributed by atoms with Crippen LogP contribution in [0.5, 0.6) is 0 Å². The van der Waals surface area contributed by atoms with Gasteiger partial charge in [0.15, 0.2) is 0 Å². The van der Waals surface area contributed by atoms with Crippen LogP contribution in [0.2, 0.25) is 5.02 Å². The van der Waals surface area contributed by atoms with Gasteiger partial charge >= 0.3 is 0 Å². The molecular formula is C19H21ClN2O2. The lowest BCUT2D eigenvalue weighted by Crippen LogP contribution is -2.33. The summed E-state index contributed by atoms with van der Waals surface area (Å²) in [6.45, 7) is 0.994. The minimum Gasteiger partial charge on any atom is -0.355 e. The molecule has 0 fully saturated rings. The average Bonchev–Trinajstić information content (AvgIpc) is 2.57. The van der Waals surface area contributed by atoms with Gasteiger partial charge in [-0.15, -0.1) is 0 Å². The van der Waals surface area contributed by atoms with Crippen molar-refractivity contribution in [1.82, 2.24) is 10.2 Å². The maximum atomic E-state index is 12.1. The van der Waals surface area contributed by atoms with E-state index in [4.69, 9.17) is 11.6 Å². The molecule has 126 valence electrons. The summed E-state index contributed by atoms with van der Waals surface area (Å²) < 4.78 is 0. The Bertz CT molecular complexity index is 672. The molecule has 0 heterocycles. The zero-order chi connectivity index (χ0) is 17.4. The van der Waals surface area contributed by atoms with E-state index >= 15 is 0 Å². The molecule has 2 rings (SSSR count). The second kappa shape index (κ2) is 9.08. The molecule has 0 aromatic heterocycles. The van der Waals surface area contributed by atoms with E-state index in [9.17, 15) is 9.59 Å². The van der Waals surface area contributed by atoms with Crippen LogP contribution < -0.4 is 5.32 Å². The Hall–Kier alpha value is -2.33. The first-order valence-electron chi connectivity index (χ1n) is 7.83. The van der Waals surface area contributed by atoms with Crippen LogP contribution in [0, 0.1) is 0 Å². The fourth-order valence-electron chi connectivity index (χ4n) is 2.28. The lowest BCUT2D eigenvalue weighted by atomic mass is 10.1. The van der Waals surface area contributed by atoms with Gasteiger partial charge in [-0.25, -0.2) is 0 Å². The van der Waals surface area contributed by atoms with Crippen molar-refractivity contribution in [2.24, 2.45) is 0 Å². The summed E-state index contributed by atoms with van der Waals surface area (Å²) in [5, 5.41) is 3.47. The topological polar surface area (TPSA) is 49.4 Å². The van der Waals surface area contributed by atoms with E-state index in [1.54, 1.807) is 11.9 Å². The number of carbonyl (C=O) groups is 2. The summed E-state index contributed by atoms with van der Waals surface area (Å²) in [6.07, 6.45) is 0.570. The minimum atomic E-state index is -0.256. The number of nitrogens with one attached hydrogen (secondary N) is 1. The van der Waals surface area contributed by atoms with Crippen molar-refractivity contribution in [3.05, 3.63) is 70.7 Å². The monoisotopic (exact) mass is 344 g/mol. The van der Waals surface area contributed by atoms with Gasteiger partial charge in [0.25, 0.3) is 0 Å². The van der Waals surface area contributed by atoms with Crippen LogP contribution in [-0.2, 0) is 22.6 Å². The van der Waals surface area contributed by atoms with E-state index in [1.807, 2.05) is 54.6 Å². The number of nitrogens with zero attached hydrogens (tertiary/aromatic N) is 1. The number of benzene rings is 2. The van der Waals surface area contributed by atoms with Gasteiger partial charge in [0.05, 0.1) is 0 Å². The van der Waals surface area contributed by atoms with Crippen molar-refractivity contribution in [3.63, 3.8) is 0 Å². The van der Waals surface area contributed by atoms with Crippen molar-refractivity contribution < 1.29 is 9.59 Å². The smallest absolute Gasteiger partial charge is 0.232 e. The molecule has 0 unspecified atom stereocenters. The maximum absolute atomic E-state index is 12.1. The highest BCUT2D eigenvalue weighted by molar-refractivity contribution is 6.30. The fourth-order valence-corrected chi connectivity index (χ4v) is 2.40. The molecule has 24 heavy (non-hydrogen) atoms. The Labute approximate surface area is 147 Å². The van der Waals surface area contributed by atoms with Gasteiger partial charge < -0.3 is 10.2 Å². The average molecular weight is 345 g/mol. The Kier molecular flexibility index (Phi) is 6.82. The van der Waals surface area contributed by atoms with Crippen molar-refractivity contribution in [2.45, 2.75) is 19.4 Å². The highest BCUT2D eigenvalue weighted by atomic mass is 35.5. The fraction of sp³-hybridized carbons (Fsp3) is 0.263. The Morgan fingerprint density at radius 1 is 1.00 bits per heavy atom. The lowest BCUT2D eigenvalue weighted by Gasteiger charge is -2.17. The largest absolute Gasteiger partial charge is 0.355 e. The second-order valence-corrected chi connectivity index (χ2v) is 6.08. The van der Waals surface area contributed by atoms with Crippen LogP contribution in [0.4, 0.5) is 0 Å². The van der Waals surface area contributed by atoms with Gasteiger partial charge in [0.2, 0.25) is 11.8 Å². The van der Waals surface area contributed by atoms with E-state index in [0.29, 0.717) is 24.5 Å². The van der Waals surface area contributed by atoms with Crippen LogP contribution >= 0.6 is 11.6 Å². The summed E-state index contributed by atoms with van der Waals surface area (Å²) in [6, 6.07) is 17.2. The standard InChI is InChI=1S/C19H21ClN2O2/c1-22(14-16-5-3-2-4-6-16)19(24)13-18(23)21-12-11-15-7-9-17(20)10-8-15/h2-10H,11-14H2,1H3,(H,21,23). The first-order valence-corrected chi connectivity index (χ1v) is 8.21. The third kappa shape index (κ3) is 6.05. The van der Waals surface area contributed by atoms with Gasteiger partial charge in [-0.1, -0.05) is 54.1 Å². The zero-order valence-electron chi connectivity index (χ0n) is 13.7. The molecular weight excluding hydrogens is 324 g/mol. The van der Waals surface area contributed by atoms with Crippen LogP contribution in [0.25, 0.3) is 0 Å². The zero-order valence-corrected chi connectivity index (χ0v) is 14.4. The molecule has 2 aromatic carbocycles. The molecule has 1 N–H and O–H groups in total. The maximum Gasteiger partial charge on any atom is 0.232 e. The molecule has 0 spiro atoms. The molecule has 2 amide bonds. The third-order valence-electron chi connectivity index (χ3n) is 3.65. The summed E-state index contributed by atoms with van der Waals surface area (Å²) in [5.74, 6) is -0.447. The van der Waals surface area contributed by atoms with E-state index < -0.39 is 0 Å². The number of hydrogen-bond acceptors (Lipinski definition) is 2. The number of rotatable bonds is 7. The SMILES string of the molecule is CN(Cc1ccccc1)C(=O)CC(=O)NCCc1ccc(Cl)cc1. The molecule has 0 radical (unpaired) electrons. The van der Waals surface area contributed by atoms with E-state index in [0.717, 1.165) is 11.1 Å². The molecule has 0 saturated heterocycles. The third-order valence-corrected chi connectivity index (χ3v) is 3.90. The highest BCUT2D eigenvalue weighted by Gasteiger charge is 2.13. The predicted octanol–water partition coefficient (Wildman–Crippen LogP) is 3.05. The van der Waals surface area contributed by atoms with Crippen molar-refractivity contribution in [2.75, 3.05) is 13.6 Å². The normalized spacial score (nSPS) is 10.2. The molecule has 0 atom stereocenters. The Morgan fingerprint density at radius 2 is 1.67 bits per heavy atom. The predicted molar refractivity (Wildman–Crippen MR) is 95.7 cm³/mol. The van der Waals surface area contributed by atoms with Crippen LogP contribution in [0.3, 0.4) is 0 Å². The molecule has 4 nitrogen and oxygen atoms in total. The first kappa shape index (κ1) is 18.0. The Balaban J connectivity index is 1.71. The van der Waals surface area contributed by atoms with Crippen molar-refractivity contribution >= 4 is 23.4 Å². The van der Waals surface area contributed by atoms with Crippen molar-refractivity contribution in [3.8, 4) is 0 Å². The summed E-state index contributed by atoms with van der Waals surface area (Å²) >= 11 is 5.83. The molecule has 0 aliphatic carbocycles.